The molecular formula is C19H27N3O4S. The van der Waals surface area contributed by atoms with E-state index in [0.29, 0.717) is 13.0 Å². The molecule has 2 aliphatic heterocycles. The van der Waals surface area contributed by atoms with E-state index < -0.39 is 9.84 Å². The van der Waals surface area contributed by atoms with Crippen molar-refractivity contribution in [3.63, 3.8) is 0 Å². The second-order valence-electron chi connectivity index (χ2n) is 7.87. The number of nitrogens with zero attached hydrogens (tertiary/aromatic N) is 3. The van der Waals surface area contributed by atoms with Crippen LogP contribution in [0.5, 0.6) is 5.75 Å². The highest BCUT2D eigenvalue weighted by Crippen LogP contribution is 2.32. The van der Waals surface area contributed by atoms with Crippen molar-refractivity contribution in [1.29, 1.82) is 0 Å². The van der Waals surface area contributed by atoms with Gasteiger partial charge in [-0.1, -0.05) is 0 Å². The van der Waals surface area contributed by atoms with Gasteiger partial charge in [-0.3, -0.25) is 9.69 Å². The summed E-state index contributed by atoms with van der Waals surface area (Å²) in [4.78, 5) is 19.2. The predicted molar refractivity (Wildman–Crippen MR) is 104 cm³/mol. The molecule has 0 unspecified atom stereocenters. The van der Waals surface area contributed by atoms with Crippen LogP contribution in [0.25, 0.3) is 0 Å². The second-order valence-corrected chi connectivity index (χ2v) is 10.1. The molecule has 1 atom stereocenters. The number of carbonyl (C=O) groups excluding carboxylic acids is 1. The van der Waals surface area contributed by atoms with Crippen LogP contribution in [0.3, 0.4) is 0 Å². The summed E-state index contributed by atoms with van der Waals surface area (Å²) in [7, 11) is -2.99. The van der Waals surface area contributed by atoms with Gasteiger partial charge in [0.25, 0.3) is 0 Å². The smallest absolute Gasteiger partial charge is 0.237 e. The van der Waals surface area contributed by atoms with Crippen molar-refractivity contribution in [3.05, 3.63) is 24.3 Å². The maximum absolute atomic E-state index is 12.9. The Hall–Kier alpha value is -1.80. The third-order valence-corrected chi connectivity index (χ3v) is 7.53. The third-order valence-electron chi connectivity index (χ3n) is 5.78. The summed E-state index contributed by atoms with van der Waals surface area (Å²) in [6.07, 6.45) is 2.58. The number of carbonyl (C=O) groups is 1. The molecule has 0 bridgehead atoms. The molecule has 4 rings (SSSR count). The monoisotopic (exact) mass is 393 g/mol. The van der Waals surface area contributed by atoms with E-state index in [4.69, 9.17) is 0 Å². The highest BCUT2D eigenvalue weighted by molar-refractivity contribution is 7.91. The molecule has 1 N–H and O–H groups in total. The number of anilines is 1. The van der Waals surface area contributed by atoms with E-state index >= 15 is 0 Å². The largest absolute Gasteiger partial charge is 0.508 e. The molecule has 1 aromatic rings. The van der Waals surface area contributed by atoms with E-state index in [0.717, 1.165) is 44.7 Å². The van der Waals surface area contributed by atoms with Crippen LogP contribution in [0.2, 0.25) is 0 Å². The van der Waals surface area contributed by atoms with Crippen molar-refractivity contribution in [1.82, 2.24) is 9.80 Å². The number of hydrogen-bond donors (Lipinski definition) is 1. The molecule has 2 saturated heterocycles. The van der Waals surface area contributed by atoms with Gasteiger partial charge in [-0.2, -0.15) is 0 Å². The van der Waals surface area contributed by atoms with Gasteiger partial charge in [0.15, 0.2) is 9.84 Å². The van der Waals surface area contributed by atoms with E-state index in [9.17, 15) is 18.3 Å². The van der Waals surface area contributed by atoms with Crippen molar-refractivity contribution >= 4 is 21.4 Å². The van der Waals surface area contributed by atoms with Crippen molar-refractivity contribution in [2.24, 2.45) is 0 Å². The number of piperazine rings is 1. The molecule has 0 aromatic heterocycles. The van der Waals surface area contributed by atoms with Crippen molar-refractivity contribution in [3.8, 4) is 5.75 Å². The van der Waals surface area contributed by atoms with Crippen molar-refractivity contribution in [2.45, 2.75) is 31.3 Å². The molecule has 8 heteroatoms. The van der Waals surface area contributed by atoms with E-state index in [-0.39, 0.29) is 35.2 Å². The number of phenolic OH excluding ortho intramolecular Hbond substituents is 1. The number of benzene rings is 1. The van der Waals surface area contributed by atoms with Crippen LogP contribution >= 0.6 is 0 Å². The quantitative estimate of drug-likeness (QED) is 0.793. The lowest BCUT2D eigenvalue weighted by Crippen LogP contribution is -2.52. The summed E-state index contributed by atoms with van der Waals surface area (Å²) >= 11 is 0. The zero-order valence-electron chi connectivity index (χ0n) is 15.5. The molecule has 3 fully saturated rings. The molecule has 2 heterocycles. The normalized spacial score (nSPS) is 25.5. The first-order valence-electron chi connectivity index (χ1n) is 9.69. The predicted octanol–water partition coefficient (Wildman–Crippen LogP) is 0.692. The first-order valence-corrected chi connectivity index (χ1v) is 11.5. The minimum absolute atomic E-state index is 0.0812. The first-order chi connectivity index (χ1) is 12.9. The Kier molecular flexibility index (Phi) is 5.03. The van der Waals surface area contributed by atoms with Gasteiger partial charge < -0.3 is 14.9 Å². The Labute approximate surface area is 160 Å². The molecule has 0 spiro atoms. The topological polar surface area (TPSA) is 81.2 Å². The number of rotatable bonds is 5. The number of aromatic hydroxyl groups is 1. The Morgan fingerprint density at radius 1 is 1.04 bits per heavy atom. The summed E-state index contributed by atoms with van der Waals surface area (Å²) in [6.45, 7) is 3.64. The zero-order chi connectivity index (χ0) is 19.0. The van der Waals surface area contributed by atoms with Crippen LogP contribution in [0, 0.1) is 0 Å². The number of hydrogen-bond acceptors (Lipinski definition) is 6. The molecule has 1 saturated carbocycles. The lowest BCUT2D eigenvalue weighted by molar-refractivity contribution is -0.135. The van der Waals surface area contributed by atoms with Gasteiger partial charge in [0.2, 0.25) is 5.91 Å². The molecule has 1 aromatic carbocycles. The Bertz CT molecular complexity index is 784. The van der Waals surface area contributed by atoms with Gasteiger partial charge in [-0.15, -0.1) is 0 Å². The molecule has 27 heavy (non-hydrogen) atoms. The Morgan fingerprint density at radius 3 is 2.26 bits per heavy atom. The van der Waals surface area contributed by atoms with E-state index in [2.05, 4.69) is 9.80 Å². The van der Waals surface area contributed by atoms with Crippen LogP contribution in [0.1, 0.15) is 19.3 Å². The van der Waals surface area contributed by atoms with Gasteiger partial charge in [0.1, 0.15) is 5.75 Å². The number of amides is 1. The van der Waals surface area contributed by atoms with Crippen molar-refractivity contribution in [2.75, 3.05) is 49.1 Å². The van der Waals surface area contributed by atoms with Gasteiger partial charge in [0, 0.05) is 44.0 Å². The van der Waals surface area contributed by atoms with Gasteiger partial charge in [0.05, 0.1) is 18.1 Å². The molecular weight excluding hydrogens is 366 g/mol. The van der Waals surface area contributed by atoms with Crippen molar-refractivity contribution < 1.29 is 18.3 Å². The van der Waals surface area contributed by atoms with Gasteiger partial charge in [-0.25, -0.2) is 8.42 Å². The minimum Gasteiger partial charge on any atom is -0.508 e. The summed E-state index contributed by atoms with van der Waals surface area (Å²) in [5, 5.41) is 9.41. The lowest BCUT2D eigenvalue weighted by Gasteiger charge is -2.37. The molecule has 0 radical (unpaired) electrons. The zero-order valence-corrected chi connectivity index (χ0v) is 16.3. The average Bonchev–Trinajstić information content (AvgIpc) is 3.39. The second kappa shape index (κ2) is 7.31. The van der Waals surface area contributed by atoms with Crippen LogP contribution in [0.15, 0.2) is 24.3 Å². The molecule has 7 nitrogen and oxygen atoms in total. The fourth-order valence-electron chi connectivity index (χ4n) is 4.15. The fraction of sp³-hybridized carbons (Fsp3) is 0.632. The molecule has 148 valence electrons. The maximum Gasteiger partial charge on any atom is 0.237 e. The highest BCUT2D eigenvalue weighted by atomic mass is 32.2. The average molecular weight is 394 g/mol. The van der Waals surface area contributed by atoms with Gasteiger partial charge in [-0.05, 0) is 43.5 Å². The van der Waals surface area contributed by atoms with Crippen LogP contribution in [-0.2, 0) is 14.6 Å². The minimum atomic E-state index is -2.99. The summed E-state index contributed by atoms with van der Waals surface area (Å²) < 4.78 is 23.6. The van der Waals surface area contributed by atoms with E-state index in [1.807, 2.05) is 17.0 Å². The molecule has 1 aliphatic carbocycles. The maximum atomic E-state index is 12.9. The Balaban J connectivity index is 1.32. The highest BCUT2D eigenvalue weighted by Gasteiger charge is 2.42. The summed E-state index contributed by atoms with van der Waals surface area (Å²) in [5.74, 6) is 0.679. The third kappa shape index (κ3) is 4.38. The van der Waals surface area contributed by atoms with E-state index in [1.165, 1.54) is 0 Å². The SMILES string of the molecule is O=C(CN1CCN(c2ccc(O)cc2)CC1)N(C1CC1)[C@@H]1CCS(=O)(=O)C1. The first kappa shape index (κ1) is 18.6. The van der Waals surface area contributed by atoms with Crippen LogP contribution in [0.4, 0.5) is 5.69 Å². The molecule has 3 aliphatic rings. The summed E-state index contributed by atoms with van der Waals surface area (Å²) in [5.41, 5.74) is 1.08. The Morgan fingerprint density at radius 2 is 1.70 bits per heavy atom. The molecule has 1 amide bonds. The van der Waals surface area contributed by atoms with E-state index in [1.54, 1.807) is 12.1 Å². The van der Waals surface area contributed by atoms with Crippen LogP contribution in [-0.4, -0.2) is 85.5 Å². The number of sulfone groups is 1. The van der Waals surface area contributed by atoms with Crippen LogP contribution < -0.4 is 4.90 Å². The summed E-state index contributed by atoms with van der Waals surface area (Å²) in [6, 6.07) is 7.31. The number of phenols is 1. The standard InChI is InChI=1S/C19H27N3O4S/c23-18-5-3-15(4-6-18)21-10-8-20(9-11-21)13-19(24)22(16-1-2-16)17-7-12-27(25,26)14-17/h3-6,16-17,23H,1-2,7-14H2/t17-/m1/s1. The lowest BCUT2D eigenvalue weighted by atomic mass is 10.2. The van der Waals surface area contributed by atoms with Gasteiger partial charge >= 0.3 is 0 Å². The fourth-order valence-corrected chi connectivity index (χ4v) is 5.86.